The van der Waals surface area contributed by atoms with Gasteiger partial charge in [-0.1, -0.05) is 29.8 Å². The van der Waals surface area contributed by atoms with E-state index in [0.717, 1.165) is 23.6 Å². The standard InChI is InChI=1S/C20H22N2O.BrH/c1-14-2-4-15(5-3-14)16-6-7-18-17(21-16)12-20-9-11-22(13-20)10-8-19(20)23-18;/h2-7,19H,8-13H2,1H3;1H. The zero-order valence-electron chi connectivity index (χ0n) is 14.0. The lowest BCUT2D eigenvalue weighted by atomic mass is 9.73. The zero-order chi connectivity index (χ0) is 15.4. The van der Waals surface area contributed by atoms with Crippen LogP contribution in [0.1, 0.15) is 24.1 Å². The molecule has 3 unspecified atom stereocenters. The van der Waals surface area contributed by atoms with Crippen LogP contribution in [-0.2, 0) is 6.42 Å². The number of pyridine rings is 1. The van der Waals surface area contributed by atoms with Gasteiger partial charge in [-0.15, -0.1) is 17.0 Å². The number of benzene rings is 1. The Balaban J connectivity index is 0.00000146. The second kappa shape index (κ2) is 5.85. The van der Waals surface area contributed by atoms with Crippen molar-refractivity contribution in [3.05, 3.63) is 47.7 Å². The van der Waals surface area contributed by atoms with E-state index in [1.54, 1.807) is 0 Å². The molecule has 0 radical (unpaired) electrons. The van der Waals surface area contributed by atoms with Crippen LogP contribution in [0.4, 0.5) is 0 Å². The molecule has 0 N–H and O–H groups in total. The number of aromatic nitrogens is 1. The van der Waals surface area contributed by atoms with Crippen molar-refractivity contribution in [2.45, 2.75) is 32.3 Å². The maximum absolute atomic E-state index is 6.38. The quantitative estimate of drug-likeness (QED) is 0.739. The van der Waals surface area contributed by atoms with E-state index in [0.29, 0.717) is 11.5 Å². The van der Waals surface area contributed by atoms with Crippen molar-refractivity contribution in [2.24, 2.45) is 5.41 Å². The van der Waals surface area contributed by atoms with Gasteiger partial charge < -0.3 is 9.64 Å². The Morgan fingerprint density at radius 2 is 1.96 bits per heavy atom. The molecule has 0 amide bonds. The molecular weight excluding hydrogens is 364 g/mol. The minimum absolute atomic E-state index is 0. The SMILES string of the molecule is Br.Cc1ccc(-c2ccc3c(n2)CC24CCN(CCC2O3)C4)cc1. The van der Waals surface area contributed by atoms with Gasteiger partial charge >= 0.3 is 0 Å². The third kappa shape index (κ3) is 2.47. The number of fused-ring (bicyclic) bond motifs is 2. The van der Waals surface area contributed by atoms with Crippen LogP contribution in [0.15, 0.2) is 36.4 Å². The first kappa shape index (κ1) is 16.1. The normalized spacial score (nSPS) is 29.9. The molecule has 1 aromatic heterocycles. The molecule has 2 fully saturated rings. The van der Waals surface area contributed by atoms with Gasteiger partial charge in [-0.2, -0.15) is 0 Å². The summed E-state index contributed by atoms with van der Waals surface area (Å²) in [7, 11) is 0. The molecule has 2 aromatic rings. The van der Waals surface area contributed by atoms with E-state index in [1.807, 2.05) is 0 Å². The Hall–Kier alpha value is -1.39. The van der Waals surface area contributed by atoms with Crippen LogP contribution in [-0.4, -0.2) is 35.6 Å². The fourth-order valence-electron chi connectivity index (χ4n) is 4.58. The van der Waals surface area contributed by atoms with Crippen molar-refractivity contribution in [2.75, 3.05) is 19.6 Å². The van der Waals surface area contributed by atoms with Crippen LogP contribution in [0.3, 0.4) is 0 Å². The highest BCUT2D eigenvalue weighted by Crippen LogP contribution is 2.48. The van der Waals surface area contributed by atoms with Crippen molar-refractivity contribution in [1.82, 2.24) is 9.88 Å². The number of rotatable bonds is 1. The molecule has 3 aliphatic rings. The van der Waals surface area contributed by atoms with E-state index in [-0.39, 0.29) is 17.0 Å². The van der Waals surface area contributed by atoms with Crippen LogP contribution in [0, 0.1) is 12.3 Å². The number of nitrogens with zero attached hydrogens (tertiary/aromatic N) is 2. The Kier molecular flexibility index (Phi) is 3.92. The summed E-state index contributed by atoms with van der Waals surface area (Å²) in [4.78, 5) is 7.56. The van der Waals surface area contributed by atoms with Gasteiger partial charge in [-0.25, -0.2) is 4.98 Å². The van der Waals surface area contributed by atoms with Crippen molar-refractivity contribution in [3.63, 3.8) is 0 Å². The largest absolute Gasteiger partial charge is 0.488 e. The van der Waals surface area contributed by atoms with E-state index in [2.05, 4.69) is 48.2 Å². The first-order valence-electron chi connectivity index (χ1n) is 8.68. The highest BCUT2D eigenvalue weighted by atomic mass is 79.9. The molecule has 4 heteroatoms. The summed E-state index contributed by atoms with van der Waals surface area (Å²) in [5.41, 5.74) is 5.00. The fourth-order valence-corrected chi connectivity index (χ4v) is 4.58. The van der Waals surface area contributed by atoms with Crippen LogP contribution in [0.25, 0.3) is 11.3 Å². The molecule has 5 rings (SSSR count). The lowest BCUT2D eigenvalue weighted by Gasteiger charge is -2.44. The lowest BCUT2D eigenvalue weighted by Crippen LogP contribution is -2.51. The molecule has 1 spiro atoms. The summed E-state index contributed by atoms with van der Waals surface area (Å²) in [6, 6.07) is 12.9. The maximum Gasteiger partial charge on any atom is 0.141 e. The molecule has 0 saturated carbocycles. The lowest BCUT2D eigenvalue weighted by molar-refractivity contribution is -0.00186. The van der Waals surface area contributed by atoms with Crippen molar-refractivity contribution in [1.29, 1.82) is 0 Å². The van der Waals surface area contributed by atoms with Gasteiger partial charge in [0.1, 0.15) is 11.9 Å². The average molecular weight is 387 g/mol. The third-order valence-corrected chi connectivity index (χ3v) is 5.92. The summed E-state index contributed by atoms with van der Waals surface area (Å²) in [5, 5.41) is 0. The molecule has 4 heterocycles. The summed E-state index contributed by atoms with van der Waals surface area (Å²) >= 11 is 0. The Bertz CT molecular complexity index is 761. The molecule has 126 valence electrons. The van der Waals surface area contributed by atoms with E-state index in [4.69, 9.17) is 9.72 Å². The van der Waals surface area contributed by atoms with Crippen LogP contribution in [0.5, 0.6) is 5.75 Å². The number of aryl methyl sites for hydroxylation is 1. The summed E-state index contributed by atoms with van der Waals surface area (Å²) < 4.78 is 6.38. The van der Waals surface area contributed by atoms with Gasteiger partial charge in [0.15, 0.2) is 0 Å². The van der Waals surface area contributed by atoms with Crippen molar-refractivity contribution in [3.8, 4) is 17.0 Å². The van der Waals surface area contributed by atoms with E-state index >= 15 is 0 Å². The Morgan fingerprint density at radius 3 is 2.79 bits per heavy atom. The highest BCUT2D eigenvalue weighted by molar-refractivity contribution is 8.93. The Labute approximate surface area is 153 Å². The molecule has 3 nitrogen and oxygen atoms in total. The second-order valence-corrected chi connectivity index (χ2v) is 7.47. The number of hydrogen-bond donors (Lipinski definition) is 0. The summed E-state index contributed by atoms with van der Waals surface area (Å²) in [6.07, 6.45) is 3.89. The minimum Gasteiger partial charge on any atom is -0.488 e. The minimum atomic E-state index is 0. The van der Waals surface area contributed by atoms with E-state index in [9.17, 15) is 0 Å². The van der Waals surface area contributed by atoms with Crippen molar-refractivity contribution >= 4 is 17.0 Å². The fraction of sp³-hybridized carbons (Fsp3) is 0.450. The molecule has 2 bridgehead atoms. The molecule has 24 heavy (non-hydrogen) atoms. The second-order valence-electron chi connectivity index (χ2n) is 7.47. The summed E-state index contributed by atoms with van der Waals surface area (Å²) in [6.45, 7) is 5.73. The van der Waals surface area contributed by atoms with Gasteiger partial charge in [0, 0.05) is 30.5 Å². The van der Waals surface area contributed by atoms with Crippen LogP contribution < -0.4 is 4.74 Å². The van der Waals surface area contributed by atoms with Gasteiger partial charge in [0.2, 0.25) is 0 Å². The number of hydrogen-bond acceptors (Lipinski definition) is 3. The molecule has 0 aliphatic carbocycles. The van der Waals surface area contributed by atoms with Crippen LogP contribution in [0.2, 0.25) is 0 Å². The van der Waals surface area contributed by atoms with Gasteiger partial charge in [-0.05, 0) is 38.4 Å². The first-order chi connectivity index (χ1) is 11.2. The van der Waals surface area contributed by atoms with E-state index in [1.165, 1.54) is 43.6 Å². The average Bonchev–Trinajstić information content (AvgIpc) is 2.89. The number of ether oxygens (including phenoxy) is 1. The molecular formula is C20H23BrN2O. The highest BCUT2D eigenvalue weighted by Gasteiger charge is 2.51. The molecule has 3 aliphatic heterocycles. The molecule has 3 atom stereocenters. The predicted molar refractivity (Wildman–Crippen MR) is 101 cm³/mol. The summed E-state index contributed by atoms with van der Waals surface area (Å²) in [5.74, 6) is 1.01. The van der Waals surface area contributed by atoms with Crippen LogP contribution >= 0.6 is 17.0 Å². The third-order valence-electron chi connectivity index (χ3n) is 5.92. The smallest absolute Gasteiger partial charge is 0.141 e. The zero-order valence-corrected chi connectivity index (χ0v) is 15.7. The van der Waals surface area contributed by atoms with Gasteiger partial charge in [-0.3, -0.25) is 0 Å². The molecule has 2 saturated heterocycles. The predicted octanol–water partition coefficient (Wildman–Crippen LogP) is 4.03. The van der Waals surface area contributed by atoms with Gasteiger partial charge in [0.05, 0.1) is 11.4 Å². The van der Waals surface area contributed by atoms with E-state index < -0.39 is 0 Å². The topological polar surface area (TPSA) is 25.4 Å². The maximum atomic E-state index is 6.38. The molecule has 1 aromatic carbocycles. The first-order valence-corrected chi connectivity index (χ1v) is 8.68. The van der Waals surface area contributed by atoms with Gasteiger partial charge in [0.25, 0.3) is 0 Å². The Morgan fingerprint density at radius 1 is 1.12 bits per heavy atom. The number of halogens is 1. The monoisotopic (exact) mass is 386 g/mol. The van der Waals surface area contributed by atoms with Crippen molar-refractivity contribution < 1.29 is 4.74 Å². The number of piperidine rings is 1.